The molecule has 6 N–H and O–H groups in total. The number of H-pyrrole nitrogens is 2. The lowest BCUT2D eigenvalue weighted by Gasteiger charge is -2.32. The Kier molecular flexibility index (Phi) is 14.3. The molecule has 4 aromatic carbocycles. The van der Waals surface area contributed by atoms with Crippen molar-refractivity contribution in [2.75, 3.05) is 36.0 Å². The number of carbonyl (C=O) groups excluding carboxylic acids is 1. The number of carbonyl (C=O) groups is 2. The van der Waals surface area contributed by atoms with Gasteiger partial charge in [0.05, 0.1) is 50.4 Å². The first-order valence-corrected chi connectivity index (χ1v) is 24.5. The Labute approximate surface area is 428 Å². The van der Waals surface area contributed by atoms with E-state index in [0.29, 0.717) is 50.6 Å². The van der Waals surface area contributed by atoms with E-state index in [-0.39, 0.29) is 30.4 Å². The largest absolute Gasteiger partial charge is 0.478 e. The molecule has 10 aromatic rings. The first-order valence-electron chi connectivity index (χ1n) is 23.7. The molecule has 1 amide bonds. The molecule has 0 bridgehead atoms. The molecule has 0 spiro atoms. The fourth-order valence-corrected chi connectivity index (χ4v) is 9.19. The lowest BCUT2D eigenvalue weighted by Crippen LogP contribution is -2.36. The van der Waals surface area contributed by atoms with Crippen LogP contribution in [0.2, 0.25) is 10.0 Å². The second-order valence-electron chi connectivity index (χ2n) is 18.0. The van der Waals surface area contributed by atoms with Crippen molar-refractivity contribution < 1.29 is 23.5 Å². The minimum atomic E-state index is -0.930. The van der Waals surface area contributed by atoms with Gasteiger partial charge in [0.15, 0.2) is 0 Å². The summed E-state index contributed by atoms with van der Waals surface area (Å²) in [5.74, 6) is -1.92. The Morgan fingerprint density at radius 2 is 1.12 bits per heavy atom. The number of hydrogen-bond acceptors (Lipinski definition) is 9. The van der Waals surface area contributed by atoms with Crippen LogP contribution in [0, 0.1) is 11.6 Å². The van der Waals surface area contributed by atoms with Crippen LogP contribution >= 0.6 is 23.2 Å². The maximum Gasteiger partial charge on any atom is 0.335 e. The van der Waals surface area contributed by atoms with Gasteiger partial charge < -0.3 is 35.9 Å². The molecular weight excluding hydrogens is 970 g/mol. The average Bonchev–Trinajstić information content (AvgIpc) is 3.91. The quantitative estimate of drug-likeness (QED) is 0.0836. The molecule has 13 nitrogen and oxygen atoms in total. The molecule has 0 atom stereocenters. The number of benzene rings is 4. The normalized spacial score (nSPS) is 13.0. The summed E-state index contributed by atoms with van der Waals surface area (Å²) in [7, 11) is 0. The highest BCUT2D eigenvalue weighted by atomic mass is 35.5. The predicted molar refractivity (Wildman–Crippen MR) is 284 cm³/mol. The number of nitrogens with zero attached hydrogens (tertiary/aromatic N) is 6. The van der Waals surface area contributed by atoms with Gasteiger partial charge in [0.25, 0.3) is 5.91 Å². The number of carboxylic acids is 1. The maximum absolute atomic E-state index is 14.5. The van der Waals surface area contributed by atoms with Crippen molar-refractivity contribution in [3.05, 3.63) is 201 Å². The summed E-state index contributed by atoms with van der Waals surface area (Å²) in [5, 5.41) is 16.7. The van der Waals surface area contributed by atoms with Crippen molar-refractivity contribution in [2.45, 2.75) is 38.8 Å². The zero-order valence-electron chi connectivity index (χ0n) is 39.3. The van der Waals surface area contributed by atoms with Gasteiger partial charge in [0.1, 0.15) is 11.6 Å². The average molecular weight is 1020 g/mol. The minimum absolute atomic E-state index is 0.0524. The van der Waals surface area contributed by atoms with E-state index in [1.54, 1.807) is 55.1 Å². The zero-order chi connectivity index (χ0) is 50.6. The predicted octanol–water partition coefficient (Wildman–Crippen LogP) is 11.2. The fourth-order valence-electron chi connectivity index (χ4n) is 8.77. The van der Waals surface area contributed by atoms with E-state index >= 15 is 0 Å². The Morgan fingerprint density at radius 1 is 0.630 bits per heavy atom. The second kappa shape index (κ2) is 21.4. The molecule has 12 rings (SSSR count). The highest BCUT2D eigenvalue weighted by molar-refractivity contribution is 6.36. The van der Waals surface area contributed by atoms with E-state index in [2.05, 4.69) is 69.3 Å². The van der Waals surface area contributed by atoms with Gasteiger partial charge in [-0.15, -0.1) is 0 Å². The summed E-state index contributed by atoms with van der Waals surface area (Å²) in [6.45, 7) is 4.58. The third-order valence-electron chi connectivity index (χ3n) is 13.1. The number of pyridine rings is 4. The third-order valence-corrected chi connectivity index (χ3v) is 13.7. The number of nitrogens with one attached hydrogen (secondary N) is 3. The topological polar surface area (TPSA) is 182 Å². The van der Waals surface area contributed by atoms with Crippen LogP contribution in [0.5, 0.6) is 0 Å². The maximum atomic E-state index is 14.5. The molecule has 0 unspecified atom stereocenters. The first-order chi connectivity index (χ1) is 35.4. The Balaban J connectivity index is 0.000000141. The van der Waals surface area contributed by atoms with E-state index < -0.39 is 11.8 Å². The smallest absolute Gasteiger partial charge is 0.335 e. The Bertz CT molecular complexity index is 3690. The van der Waals surface area contributed by atoms with Gasteiger partial charge in [-0.2, -0.15) is 0 Å². The second-order valence-corrected chi connectivity index (χ2v) is 18.8. The monoisotopic (exact) mass is 1020 g/mol. The van der Waals surface area contributed by atoms with Crippen LogP contribution in [0.3, 0.4) is 0 Å². The van der Waals surface area contributed by atoms with Crippen molar-refractivity contribution in [1.82, 2.24) is 35.2 Å². The highest BCUT2D eigenvalue weighted by Gasteiger charge is 2.18. The van der Waals surface area contributed by atoms with Crippen LogP contribution in [0.4, 0.5) is 20.2 Å². The van der Waals surface area contributed by atoms with E-state index in [9.17, 15) is 18.4 Å². The number of aromatic carboxylic acids is 1. The van der Waals surface area contributed by atoms with Crippen LogP contribution in [-0.2, 0) is 25.9 Å². The summed E-state index contributed by atoms with van der Waals surface area (Å²) in [5.41, 5.74) is 16.2. The van der Waals surface area contributed by atoms with E-state index in [1.807, 2.05) is 36.7 Å². The van der Waals surface area contributed by atoms with Crippen molar-refractivity contribution in [1.29, 1.82) is 0 Å². The number of aromatic nitrogens is 6. The number of carboxylic acid groups (broad SMARTS) is 1. The number of aromatic amines is 2. The third kappa shape index (κ3) is 11.1. The first kappa shape index (κ1) is 48.6. The molecular formula is C56H48Cl2F2N10O3. The number of halogens is 4. The van der Waals surface area contributed by atoms with Gasteiger partial charge in [-0.1, -0.05) is 35.3 Å². The fraction of sp³-hybridized carbons (Fsp3) is 0.179. The van der Waals surface area contributed by atoms with Crippen LogP contribution < -0.4 is 20.9 Å². The number of rotatable bonds is 11. The van der Waals surface area contributed by atoms with E-state index in [0.717, 1.165) is 92.6 Å². The van der Waals surface area contributed by atoms with Crippen molar-refractivity contribution >= 4 is 90.1 Å². The zero-order valence-corrected chi connectivity index (χ0v) is 40.8. The van der Waals surface area contributed by atoms with Gasteiger partial charge in [0.2, 0.25) is 0 Å². The molecule has 2 saturated heterocycles. The van der Waals surface area contributed by atoms with Crippen LogP contribution in [0.1, 0.15) is 67.2 Å². The molecule has 73 heavy (non-hydrogen) atoms. The van der Waals surface area contributed by atoms with Gasteiger partial charge in [-0.05, 0) is 109 Å². The number of nitrogens with two attached hydrogens (primary N) is 1. The minimum Gasteiger partial charge on any atom is -0.478 e. The summed E-state index contributed by atoms with van der Waals surface area (Å²) in [4.78, 5) is 52.2. The summed E-state index contributed by atoms with van der Waals surface area (Å²) >= 11 is 12.0. The molecule has 368 valence electrons. The van der Waals surface area contributed by atoms with Crippen LogP contribution in [0.25, 0.3) is 43.6 Å². The Morgan fingerprint density at radius 3 is 1.62 bits per heavy atom. The molecule has 2 fully saturated rings. The number of amides is 1. The summed E-state index contributed by atoms with van der Waals surface area (Å²) in [6.07, 6.45) is 13.9. The van der Waals surface area contributed by atoms with Crippen LogP contribution in [-0.4, -0.2) is 73.1 Å². The lowest BCUT2D eigenvalue weighted by atomic mass is 10.0. The van der Waals surface area contributed by atoms with Gasteiger partial charge in [-0.3, -0.25) is 24.7 Å². The molecule has 2 aliphatic heterocycles. The molecule has 2 aliphatic rings. The van der Waals surface area contributed by atoms with Crippen molar-refractivity contribution in [3.8, 4) is 0 Å². The lowest BCUT2D eigenvalue weighted by molar-refractivity contribution is 0.0696. The number of fused-ring (bicyclic) bond motifs is 4. The standard InChI is InChI=1S/C28H23ClFN5O.C19H17N3O2.C9H8ClFN2/c29-24-16-33-27-13-25(30)20(12-23(24)27)14-34-28(36)18-4-5-31-21(10-18)9-17-2-3-26-19(8-17)11-22(15-32-26)35-6-1-7-35;23-19(24)14-4-5-20-16(10-14)9-13-2-3-18-15(8-13)11-17(12-21-18)22-6-1-7-22;10-7-4-13-9-2-8(11)5(3-12)1-6(7)9/h2-5,8,10-13,15-16,33H,1,6-7,9,14H2,(H,34,36);2-5,8,10-12H,1,6-7,9H2,(H,23,24);1-2,4,13H,3,12H2. The van der Waals surface area contributed by atoms with Crippen molar-refractivity contribution in [3.63, 3.8) is 0 Å². The number of hydrogen-bond donors (Lipinski definition) is 5. The van der Waals surface area contributed by atoms with Crippen LogP contribution in [0.15, 0.2) is 134 Å². The molecule has 0 radical (unpaired) electrons. The Hall–Kier alpha value is -7.98. The molecule has 0 saturated carbocycles. The van der Waals surface area contributed by atoms with Crippen molar-refractivity contribution in [2.24, 2.45) is 5.73 Å². The number of anilines is 2. The van der Waals surface area contributed by atoms with Gasteiger partial charge in [0, 0.05) is 138 Å². The van der Waals surface area contributed by atoms with Gasteiger partial charge >= 0.3 is 5.97 Å². The summed E-state index contributed by atoms with van der Waals surface area (Å²) in [6, 6.07) is 29.4. The molecule has 17 heteroatoms. The highest BCUT2D eigenvalue weighted by Crippen LogP contribution is 2.29. The van der Waals surface area contributed by atoms with E-state index in [1.165, 1.54) is 31.0 Å². The molecule has 6 aromatic heterocycles. The molecule has 8 heterocycles. The van der Waals surface area contributed by atoms with E-state index in [4.69, 9.17) is 34.0 Å². The SMILES string of the molecule is NCc1cc2c(Cl)c[nH]c2cc1F.O=C(NCc1cc2c(Cl)c[nH]c2cc1F)c1ccnc(Cc2ccc3ncc(N4CCC4)cc3c2)c1.O=C(O)c1ccnc(Cc2ccc3ncc(N4CCC4)cc3c2)c1. The van der Waals surface area contributed by atoms with Gasteiger partial charge in [-0.25, -0.2) is 13.6 Å². The molecule has 0 aliphatic carbocycles. The summed E-state index contributed by atoms with van der Waals surface area (Å²) < 4.78 is 27.6.